The van der Waals surface area contributed by atoms with E-state index in [0.29, 0.717) is 23.4 Å². The van der Waals surface area contributed by atoms with Gasteiger partial charge in [-0.2, -0.15) is 0 Å². The van der Waals surface area contributed by atoms with Crippen molar-refractivity contribution in [3.63, 3.8) is 0 Å². The summed E-state index contributed by atoms with van der Waals surface area (Å²) in [6.45, 7) is 3.37. The molecule has 5 rings (SSSR count). The molecule has 0 bridgehead atoms. The molecule has 3 heterocycles. The molecule has 4 aromatic rings. The van der Waals surface area contributed by atoms with Gasteiger partial charge in [-0.15, -0.1) is 10.2 Å². The first-order valence-corrected chi connectivity index (χ1v) is 11.7. The van der Waals surface area contributed by atoms with Crippen LogP contribution in [0.4, 0.5) is 5.69 Å². The molecular formula is C27H27N5O4. The number of ether oxygens (including phenoxy) is 2. The molecule has 2 aromatic carbocycles. The topological polar surface area (TPSA) is 102 Å². The minimum atomic E-state index is -0.523. The number of amides is 1. The zero-order valence-corrected chi connectivity index (χ0v) is 20.4. The van der Waals surface area contributed by atoms with Crippen molar-refractivity contribution >= 4 is 22.5 Å². The first-order chi connectivity index (χ1) is 17.5. The Morgan fingerprint density at radius 1 is 1.14 bits per heavy atom. The van der Waals surface area contributed by atoms with Crippen molar-refractivity contribution in [2.24, 2.45) is 10.2 Å². The van der Waals surface area contributed by atoms with Crippen LogP contribution in [0.1, 0.15) is 34.5 Å². The average Bonchev–Trinajstić information content (AvgIpc) is 3.18. The number of pyridine rings is 1. The van der Waals surface area contributed by atoms with E-state index in [2.05, 4.69) is 27.0 Å². The number of para-hydroxylation sites is 1. The Kier molecular flexibility index (Phi) is 6.39. The number of aromatic nitrogens is 2. The fourth-order valence-corrected chi connectivity index (χ4v) is 4.73. The second-order valence-electron chi connectivity index (χ2n) is 8.65. The van der Waals surface area contributed by atoms with E-state index in [1.165, 1.54) is 11.8 Å². The zero-order chi connectivity index (χ0) is 25.2. The summed E-state index contributed by atoms with van der Waals surface area (Å²) in [5.74, 6) is 0.858. The minimum Gasteiger partial charge on any atom is -0.493 e. The quantitative estimate of drug-likeness (QED) is 0.374. The van der Waals surface area contributed by atoms with E-state index in [0.717, 1.165) is 29.8 Å². The van der Waals surface area contributed by atoms with Gasteiger partial charge in [-0.1, -0.05) is 18.2 Å². The first kappa shape index (κ1) is 23.5. The van der Waals surface area contributed by atoms with E-state index < -0.39 is 5.91 Å². The maximum atomic E-state index is 12.4. The molecule has 9 heteroatoms. The monoisotopic (exact) mass is 485 g/mol. The Labute approximate surface area is 208 Å². The number of rotatable bonds is 6. The van der Waals surface area contributed by atoms with Gasteiger partial charge in [-0.05, 0) is 54.8 Å². The number of hydrogen-bond donors (Lipinski definition) is 1. The Hall–Kier alpha value is -4.24. The van der Waals surface area contributed by atoms with E-state index >= 15 is 0 Å². The van der Waals surface area contributed by atoms with Crippen LogP contribution in [0.3, 0.4) is 0 Å². The molecule has 1 aliphatic rings. The van der Waals surface area contributed by atoms with Crippen LogP contribution in [-0.4, -0.2) is 46.2 Å². The largest absolute Gasteiger partial charge is 0.493 e. The van der Waals surface area contributed by atoms with Gasteiger partial charge in [-0.3, -0.25) is 19.2 Å². The summed E-state index contributed by atoms with van der Waals surface area (Å²) < 4.78 is 12.8. The lowest BCUT2D eigenvalue weighted by Crippen LogP contribution is -2.35. The van der Waals surface area contributed by atoms with Crippen LogP contribution < -0.4 is 9.47 Å². The fourth-order valence-electron chi connectivity index (χ4n) is 4.73. The SMILES string of the molecule is COc1cc2c(cc1OC)[C@@H](C)N(Cn1c(O)c(N=NC(=O)c3cccnc3)c3ccccc31)CC2. The highest BCUT2D eigenvalue weighted by Gasteiger charge is 2.28. The van der Waals surface area contributed by atoms with Crippen LogP contribution >= 0.6 is 0 Å². The molecule has 2 aromatic heterocycles. The summed E-state index contributed by atoms with van der Waals surface area (Å²) in [5.41, 5.74) is 3.79. The second-order valence-corrected chi connectivity index (χ2v) is 8.65. The molecule has 1 amide bonds. The number of carbonyl (C=O) groups excluding carboxylic acids is 1. The lowest BCUT2D eigenvalue weighted by atomic mass is 9.93. The van der Waals surface area contributed by atoms with Crippen LogP contribution in [0, 0.1) is 0 Å². The van der Waals surface area contributed by atoms with Crippen LogP contribution in [0.15, 0.2) is 71.2 Å². The van der Waals surface area contributed by atoms with Gasteiger partial charge in [-0.25, -0.2) is 0 Å². The molecule has 0 aliphatic carbocycles. The van der Waals surface area contributed by atoms with Crippen molar-refractivity contribution in [3.8, 4) is 17.4 Å². The molecule has 36 heavy (non-hydrogen) atoms. The van der Waals surface area contributed by atoms with E-state index in [1.807, 2.05) is 36.4 Å². The third-order valence-electron chi connectivity index (χ3n) is 6.70. The number of carbonyl (C=O) groups is 1. The first-order valence-electron chi connectivity index (χ1n) is 11.7. The van der Waals surface area contributed by atoms with Gasteiger partial charge in [0.25, 0.3) is 5.91 Å². The van der Waals surface area contributed by atoms with Crippen molar-refractivity contribution in [1.82, 2.24) is 14.5 Å². The highest BCUT2D eigenvalue weighted by molar-refractivity contribution is 5.97. The van der Waals surface area contributed by atoms with Gasteiger partial charge in [0.2, 0.25) is 5.88 Å². The standard InChI is InChI=1S/C27H27N5O4/c1-17-21-14-24(36-3)23(35-2)13-18(21)10-12-31(17)16-32-22-9-5-4-8-20(22)25(27(32)34)29-30-26(33)19-7-6-11-28-15-19/h4-9,11,13-15,17,34H,10,12,16H2,1-3H3/t17-/m1/s1. The third kappa shape index (κ3) is 4.18. The summed E-state index contributed by atoms with van der Waals surface area (Å²) in [5, 5.41) is 19.9. The van der Waals surface area contributed by atoms with Crippen LogP contribution in [-0.2, 0) is 13.1 Å². The maximum absolute atomic E-state index is 12.4. The molecule has 184 valence electrons. The predicted octanol–water partition coefficient (Wildman–Crippen LogP) is 5.26. The van der Waals surface area contributed by atoms with Gasteiger partial charge in [0.05, 0.1) is 32.0 Å². The summed E-state index contributed by atoms with van der Waals surface area (Å²) in [4.78, 5) is 18.7. The zero-order valence-electron chi connectivity index (χ0n) is 20.4. The number of nitrogens with zero attached hydrogens (tertiary/aromatic N) is 5. The van der Waals surface area contributed by atoms with E-state index in [4.69, 9.17) is 9.47 Å². The fraction of sp³-hybridized carbons (Fsp3) is 0.259. The normalized spacial score (nSPS) is 15.8. The van der Waals surface area contributed by atoms with Gasteiger partial charge in [0, 0.05) is 30.4 Å². The van der Waals surface area contributed by atoms with Gasteiger partial charge >= 0.3 is 0 Å². The van der Waals surface area contributed by atoms with Gasteiger partial charge in [0.15, 0.2) is 17.2 Å². The van der Waals surface area contributed by atoms with Gasteiger partial charge in [0.1, 0.15) is 0 Å². The molecule has 0 fully saturated rings. The highest BCUT2D eigenvalue weighted by Crippen LogP contribution is 2.42. The second kappa shape index (κ2) is 9.79. The molecule has 0 spiro atoms. The summed E-state index contributed by atoms with van der Waals surface area (Å²) in [7, 11) is 3.27. The number of fused-ring (bicyclic) bond motifs is 2. The lowest BCUT2D eigenvalue weighted by molar-refractivity contribution is 0.0994. The van der Waals surface area contributed by atoms with E-state index in [9.17, 15) is 9.90 Å². The molecule has 0 radical (unpaired) electrons. The number of methoxy groups -OCH3 is 2. The average molecular weight is 486 g/mol. The molecule has 0 saturated heterocycles. The highest BCUT2D eigenvalue weighted by atomic mass is 16.5. The molecule has 1 atom stereocenters. The summed E-state index contributed by atoms with van der Waals surface area (Å²) >= 11 is 0. The van der Waals surface area contributed by atoms with Crippen LogP contribution in [0.5, 0.6) is 17.4 Å². The Morgan fingerprint density at radius 3 is 2.67 bits per heavy atom. The smallest absolute Gasteiger partial charge is 0.296 e. The van der Waals surface area contributed by atoms with E-state index in [1.54, 1.807) is 37.1 Å². The van der Waals surface area contributed by atoms with Crippen molar-refractivity contribution < 1.29 is 19.4 Å². The number of aromatic hydroxyl groups is 1. The minimum absolute atomic E-state index is 0.0377. The molecule has 9 nitrogen and oxygen atoms in total. The Morgan fingerprint density at radius 2 is 1.92 bits per heavy atom. The summed E-state index contributed by atoms with van der Waals surface area (Å²) in [6, 6.07) is 15.0. The predicted molar refractivity (Wildman–Crippen MR) is 135 cm³/mol. The number of hydrogen-bond acceptors (Lipinski definition) is 7. The molecule has 1 aliphatic heterocycles. The van der Waals surface area contributed by atoms with Crippen molar-refractivity contribution in [2.75, 3.05) is 20.8 Å². The lowest BCUT2D eigenvalue weighted by Gasteiger charge is -2.36. The van der Waals surface area contributed by atoms with Crippen molar-refractivity contribution in [2.45, 2.75) is 26.1 Å². The Balaban J connectivity index is 1.47. The number of azo groups is 1. The molecule has 1 N–H and O–H groups in total. The number of benzene rings is 2. The summed E-state index contributed by atoms with van der Waals surface area (Å²) in [6.07, 6.45) is 3.86. The third-order valence-corrected chi connectivity index (χ3v) is 6.70. The van der Waals surface area contributed by atoms with Crippen molar-refractivity contribution in [1.29, 1.82) is 0 Å². The van der Waals surface area contributed by atoms with Gasteiger partial charge < -0.3 is 14.6 Å². The van der Waals surface area contributed by atoms with Crippen molar-refractivity contribution in [3.05, 3.63) is 77.6 Å². The molecule has 0 unspecified atom stereocenters. The van der Waals surface area contributed by atoms with E-state index in [-0.39, 0.29) is 17.6 Å². The maximum Gasteiger partial charge on any atom is 0.296 e. The van der Waals surface area contributed by atoms with Crippen LogP contribution in [0.2, 0.25) is 0 Å². The van der Waals surface area contributed by atoms with Crippen LogP contribution in [0.25, 0.3) is 10.9 Å². The molecular weight excluding hydrogens is 458 g/mol. The molecule has 0 saturated carbocycles. The Bertz CT molecular complexity index is 1450.